The Morgan fingerprint density at radius 2 is 2.00 bits per heavy atom. The fraction of sp³-hybridized carbons (Fsp3) is 0.571. The molecule has 0 aromatic heterocycles. The van der Waals surface area contributed by atoms with Crippen molar-refractivity contribution in [2.75, 3.05) is 18.9 Å². The van der Waals surface area contributed by atoms with E-state index in [1.807, 2.05) is 32.9 Å². The van der Waals surface area contributed by atoms with Crippen molar-refractivity contribution in [1.29, 1.82) is 0 Å². The van der Waals surface area contributed by atoms with Crippen molar-refractivity contribution in [2.45, 2.75) is 38.2 Å². The molecule has 1 aromatic carbocycles. The molecule has 1 unspecified atom stereocenters. The number of aryl methyl sites for hydroxylation is 2. The highest BCUT2D eigenvalue weighted by Crippen LogP contribution is 2.19. The molecule has 0 aliphatic heterocycles. The summed E-state index contributed by atoms with van der Waals surface area (Å²) in [6.07, 6.45) is 0.241. The van der Waals surface area contributed by atoms with E-state index >= 15 is 0 Å². The zero-order chi connectivity index (χ0) is 14.5. The number of benzene rings is 1. The second-order valence-corrected chi connectivity index (χ2v) is 6.77. The van der Waals surface area contributed by atoms with E-state index < -0.39 is 9.84 Å². The van der Waals surface area contributed by atoms with Crippen molar-refractivity contribution in [3.8, 4) is 0 Å². The Morgan fingerprint density at radius 3 is 2.58 bits per heavy atom. The van der Waals surface area contributed by atoms with E-state index in [-0.39, 0.29) is 11.9 Å². The molecule has 2 N–H and O–H groups in total. The summed E-state index contributed by atoms with van der Waals surface area (Å²) < 4.78 is 30.1. The molecule has 1 atom stereocenters. The first-order valence-electron chi connectivity index (χ1n) is 6.52. The molecule has 0 saturated heterocycles. The summed E-state index contributed by atoms with van der Waals surface area (Å²) in [4.78, 5) is 0.416. The Hall–Kier alpha value is -0.910. The first kappa shape index (κ1) is 16.1. The van der Waals surface area contributed by atoms with Crippen LogP contribution in [0.25, 0.3) is 0 Å². The zero-order valence-electron chi connectivity index (χ0n) is 11.8. The molecule has 1 aromatic rings. The molecule has 0 heterocycles. The van der Waals surface area contributed by atoms with Crippen molar-refractivity contribution in [2.24, 2.45) is 5.73 Å². The van der Waals surface area contributed by atoms with Crippen LogP contribution < -0.4 is 5.73 Å². The minimum atomic E-state index is -3.27. The molecular formula is C14H23NO3S. The number of hydrogen-bond acceptors (Lipinski definition) is 4. The van der Waals surface area contributed by atoms with Gasteiger partial charge in [-0.3, -0.25) is 0 Å². The summed E-state index contributed by atoms with van der Waals surface area (Å²) in [5.41, 5.74) is 7.29. The van der Waals surface area contributed by atoms with Crippen LogP contribution in [0.2, 0.25) is 0 Å². The lowest BCUT2D eigenvalue weighted by molar-refractivity contribution is 0.0671. The summed E-state index contributed by atoms with van der Waals surface area (Å²) in [5, 5.41) is 0. The molecular weight excluding hydrogens is 262 g/mol. The fourth-order valence-electron chi connectivity index (χ4n) is 1.94. The summed E-state index contributed by atoms with van der Waals surface area (Å²) in [5.74, 6) is 0.0686. The van der Waals surface area contributed by atoms with Crippen LogP contribution in [0.5, 0.6) is 0 Å². The number of sulfone groups is 1. The van der Waals surface area contributed by atoms with Gasteiger partial charge in [-0.2, -0.15) is 0 Å². The largest absolute Gasteiger partial charge is 0.377 e. The molecule has 0 saturated carbocycles. The van der Waals surface area contributed by atoms with Gasteiger partial charge in [0.25, 0.3) is 0 Å². The van der Waals surface area contributed by atoms with Crippen LogP contribution >= 0.6 is 0 Å². The Morgan fingerprint density at radius 1 is 1.32 bits per heavy atom. The topological polar surface area (TPSA) is 69.4 Å². The average Bonchev–Trinajstić information content (AvgIpc) is 2.37. The van der Waals surface area contributed by atoms with Crippen LogP contribution in [0, 0.1) is 13.8 Å². The van der Waals surface area contributed by atoms with Crippen LogP contribution in [0.1, 0.15) is 24.5 Å². The highest BCUT2D eigenvalue weighted by atomic mass is 32.2. The lowest BCUT2D eigenvalue weighted by Gasteiger charge is -2.15. The molecule has 4 nitrogen and oxygen atoms in total. The molecule has 19 heavy (non-hydrogen) atoms. The predicted octanol–water partition coefficient (Wildman–Crippen LogP) is 1.83. The normalized spacial score (nSPS) is 13.5. The Labute approximate surface area is 115 Å². The minimum Gasteiger partial charge on any atom is -0.377 e. The quantitative estimate of drug-likeness (QED) is 0.830. The van der Waals surface area contributed by atoms with Crippen LogP contribution in [0.15, 0.2) is 23.1 Å². The van der Waals surface area contributed by atoms with Crippen molar-refractivity contribution in [3.63, 3.8) is 0 Å². The highest BCUT2D eigenvalue weighted by molar-refractivity contribution is 7.91. The van der Waals surface area contributed by atoms with E-state index in [1.165, 1.54) is 0 Å². The predicted molar refractivity (Wildman–Crippen MR) is 77.1 cm³/mol. The first-order valence-corrected chi connectivity index (χ1v) is 8.17. The smallest absolute Gasteiger partial charge is 0.178 e. The van der Waals surface area contributed by atoms with Gasteiger partial charge in [-0.25, -0.2) is 8.42 Å². The highest BCUT2D eigenvalue weighted by Gasteiger charge is 2.19. The fourth-order valence-corrected chi connectivity index (χ4v) is 3.66. The molecule has 108 valence electrons. The molecule has 1 rings (SSSR count). The van der Waals surface area contributed by atoms with E-state index in [9.17, 15) is 8.42 Å². The third kappa shape index (κ3) is 4.60. The number of ether oxygens (including phenoxy) is 1. The zero-order valence-corrected chi connectivity index (χ0v) is 12.7. The summed E-state index contributed by atoms with van der Waals surface area (Å²) in [6.45, 7) is 6.47. The molecule has 0 radical (unpaired) electrons. The van der Waals surface area contributed by atoms with Gasteiger partial charge in [0.1, 0.15) is 0 Å². The maximum atomic E-state index is 12.3. The maximum Gasteiger partial charge on any atom is 0.178 e. The van der Waals surface area contributed by atoms with E-state index in [2.05, 4.69) is 0 Å². The van der Waals surface area contributed by atoms with Crippen molar-refractivity contribution >= 4 is 9.84 Å². The van der Waals surface area contributed by atoms with Gasteiger partial charge in [-0.15, -0.1) is 0 Å². The van der Waals surface area contributed by atoms with Gasteiger partial charge in [0, 0.05) is 13.2 Å². The molecule has 0 spiro atoms. The molecule has 0 amide bonds. The maximum absolute atomic E-state index is 12.3. The van der Waals surface area contributed by atoms with Crippen molar-refractivity contribution in [3.05, 3.63) is 29.3 Å². The SMILES string of the molecule is CCOC(CN)CCS(=O)(=O)c1cc(C)ccc1C. The third-order valence-corrected chi connectivity index (χ3v) is 4.94. The van der Waals surface area contributed by atoms with Gasteiger partial charge >= 0.3 is 0 Å². The van der Waals surface area contributed by atoms with Crippen molar-refractivity contribution in [1.82, 2.24) is 0 Å². The second kappa shape index (κ2) is 7.03. The summed E-state index contributed by atoms with van der Waals surface area (Å²) >= 11 is 0. The Kier molecular flexibility index (Phi) is 5.97. The average molecular weight is 285 g/mol. The van der Waals surface area contributed by atoms with Crippen LogP contribution in [0.3, 0.4) is 0 Å². The standard InChI is InChI=1S/C14H23NO3S/c1-4-18-13(10-15)7-8-19(16,17)14-9-11(2)5-6-12(14)3/h5-6,9,13H,4,7-8,10,15H2,1-3H3. The molecule has 5 heteroatoms. The summed E-state index contributed by atoms with van der Waals surface area (Å²) in [6, 6.07) is 5.48. The number of nitrogens with two attached hydrogens (primary N) is 1. The Balaban J connectivity index is 2.83. The third-order valence-electron chi connectivity index (χ3n) is 3.05. The molecule has 0 aliphatic carbocycles. The van der Waals surface area contributed by atoms with Gasteiger partial charge in [0.05, 0.1) is 16.8 Å². The van der Waals surface area contributed by atoms with E-state index in [4.69, 9.17) is 10.5 Å². The van der Waals surface area contributed by atoms with Gasteiger partial charge < -0.3 is 10.5 Å². The lowest BCUT2D eigenvalue weighted by atomic mass is 10.2. The first-order chi connectivity index (χ1) is 8.90. The number of rotatable bonds is 7. The van der Waals surface area contributed by atoms with Crippen LogP contribution in [0.4, 0.5) is 0 Å². The Bertz CT molecular complexity index is 511. The number of hydrogen-bond donors (Lipinski definition) is 1. The van der Waals surface area contributed by atoms with Crippen LogP contribution in [-0.2, 0) is 14.6 Å². The lowest BCUT2D eigenvalue weighted by Crippen LogP contribution is -2.26. The minimum absolute atomic E-state index is 0.0686. The van der Waals surface area contributed by atoms with E-state index in [1.54, 1.807) is 6.07 Å². The molecule has 0 aliphatic rings. The van der Waals surface area contributed by atoms with Crippen molar-refractivity contribution < 1.29 is 13.2 Å². The summed E-state index contributed by atoms with van der Waals surface area (Å²) in [7, 11) is -3.27. The monoisotopic (exact) mass is 285 g/mol. The van der Waals surface area contributed by atoms with E-state index in [0.717, 1.165) is 11.1 Å². The van der Waals surface area contributed by atoms with Gasteiger partial charge in [0.2, 0.25) is 0 Å². The van der Waals surface area contributed by atoms with E-state index in [0.29, 0.717) is 24.5 Å². The molecule has 0 fully saturated rings. The molecule has 0 bridgehead atoms. The van der Waals surface area contributed by atoms with Gasteiger partial charge in [0.15, 0.2) is 9.84 Å². The van der Waals surface area contributed by atoms with Gasteiger partial charge in [-0.05, 0) is 44.4 Å². The van der Waals surface area contributed by atoms with Crippen LogP contribution in [-0.4, -0.2) is 33.4 Å². The van der Waals surface area contributed by atoms with Gasteiger partial charge in [-0.1, -0.05) is 12.1 Å². The second-order valence-electron chi connectivity index (χ2n) is 4.69.